The third-order valence-electron chi connectivity index (χ3n) is 3.08. The summed E-state index contributed by atoms with van der Waals surface area (Å²) in [5.41, 5.74) is 0.988. The van der Waals surface area contributed by atoms with Crippen LogP contribution in [-0.4, -0.2) is 16.1 Å². The van der Waals surface area contributed by atoms with Gasteiger partial charge in [0.2, 0.25) is 5.89 Å². The minimum absolute atomic E-state index is 0.319. The Morgan fingerprint density at radius 1 is 1.22 bits per heavy atom. The average Bonchev–Trinajstić information content (AvgIpc) is 3.08. The Morgan fingerprint density at radius 3 is 2.70 bits per heavy atom. The van der Waals surface area contributed by atoms with E-state index in [2.05, 4.69) is 15.5 Å². The van der Waals surface area contributed by atoms with E-state index >= 15 is 0 Å². The number of nitrogens with one attached hydrogen (secondary N) is 1. The summed E-state index contributed by atoms with van der Waals surface area (Å²) in [6.07, 6.45) is 0. The van der Waals surface area contributed by atoms with E-state index in [1.807, 2.05) is 6.92 Å². The fourth-order valence-corrected chi connectivity index (χ4v) is 3.24. The van der Waals surface area contributed by atoms with Gasteiger partial charge in [0.25, 0.3) is 11.8 Å². The van der Waals surface area contributed by atoms with E-state index in [9.17, 15) is 4.79 Å². The Kier molecular flexibility index (Phi) is 4.39. The lowest BCUT2D eigenvalue weighted by Gasteiger charge is -2.06. The molecule has 0 fully saturated rings. The molecule has 0 aliphatic rings. The van der Waals surface area contributed by atoms with Crippen LogP contribution in [0.5, 0.6) is 0 Å². The lowest BCUT2D eigenvalue weighted by Crippen LogP contribution is -2.12. The number of aromatic nitrogens is 2. The summed E-state index contributed by atoms with van der Waals surface area (Å²) < 4.78 is 5.40. The first kappa shape index (κ1) is 16.0. The number of carbonyl (C=O) groups excluding carboxylic acids is 1. The van der Waals surface area contributed by atoms with E-state index in [-0.39, 0.29) is 5.91 Å². The summed E-state index contributed by atoms with van der Waals surface area (Å²) in [4.78, 5) is 14.1. The maximum Gasteiger partial charge on any atom is 0.257 e. The van der Waals surface area contributed by atoms with Gasteiger partial charge in [-0.1, -0.05) is 23.2 Å². The number of hydrogen-bond donors (Lipinski definition) is 1. The van der Waals surface area contributed by atoms with Gasteiger partial charge < -0.3 is 9.73 Å². The van der Waals surface area contributed by atoms with Crippen molar-refractivity contribution in [3.8, 4) is 10.8 Å². The summed E-state index contributed by atoms with van der Waals surface area (Å²) in [6, 6.07) is 6.55. The zero-order valence-corrected chi connectivity index (χ0v) is 14.5. The first-order chi connectivity index (χ1) is 10.9. The Hall–Kier alpha value is -1.89. The fraction of sp³-hybridized carbons (Fsp3) is 0.133. The standard InChI is InChI=1S/C15H11Cl2N3O2S/c1-7-12(6-13(23-7)15-20-19-8(2)22-15)18-14(21)10-5-9(16)3-4-11(10)17/h3-6H,1-2H3,(H,18,21). The van der Waals surface area contributed by atoms with Crippen molar-refractivity contribution in [3.05, 3.63) is 50.6 Å². The lowest BCUT2D eigenvalue weighted by atomic mass is 10.2. The third kappa shape index (κ3) is 3.39. The van der Waals surface area contributed by atoms with Crippen LogP contribution in [0.2, 0.25) is 10.0 Å². The van der Waals surface area contributed by atoms with Crippen LogP contribution >= 0.6 is 34.5 Å². The van der Waals surface area contributed by atoms with Crippen LogP contribution in [0.3, 0.4) is 0 Å². The van der Waals surface area contributed by atoms with E-state index in [0.717, 1.165) is 9.75 Å². The van der Waals surface area contributed by atoms with Crippen molar-refractivity contribution in [2.24, 2.45) is 0 Å². The summed E-state index contributed by atoms with van der Waals surface area (Å²) in [7, 11) is 0. The number of nitrogens with zero attached hydrogens (tertiary/aromatic N) is 2. The van der Waals surface area contributed by atoms with Crippen molar-refractivity contribution in [2.45, 2.75) is 13.8 Å². The highest BCUT2D eigenvalue weighted by Crippen LogP contribution is 2.34. The Balaban J connectivity index is 1.87. The molecule has 8 heteroatoms. The molecule has 0 saturated heterocycles. The van der Waals surface area contributed by atoms with E-state index in [4.69, 9.17) is 27.6 Å². The molecule has 2 aromatic heterocycles. The number of anilines is 1. The zero-order valence-electron chi connectivity index (χ0n) is 12.2. The van der Waals surface area contributed by atoms with Gasteiger partial charge in [0.05, 0.1) is 21.2 Å². The van der Waals surface area contributed by atoms with Gasteiger partial charge in [-0.25, -0.2) is 0 Å². The van der Waals surface area contributed by atoms with Gasteiger partial charge in [-0.15, -0.1) is 21.5 Å². The largest absolute Gasteiger partial charge is 0.420 e. The van der Waals surface area contributed by atoms with Gasteiger partial charge in [0.1, 0.15) is 0 Å². The van der Waals surface area contributed by atoms with Gasteiger partial charge in [0.15, 0.2) is 0 Å². The quantitative estimate of drug-likeness (QED) is 0.708. The minimum atomic E-state index is -0.327. The van der Waals surface area contributed by atoms with Gasteiger partial charge >= 0.3 is 0 Å². The monoisotopic (exact) mass is 367 g/mol. The number of thiophene rings is 1. The molecule has 1 aromatic carbocycles. The number of halogens is 2. The molecule has 1 N–H and O–H groups in total. The summed E-state index contributed by atoms with van der Waals surface area (Å²) >= 11 is 13.4. The molecule has 0 bridgehead atoms. The highest BCUT2D eigenvalue weighted by atomic mass is 35.5. The number of aryl methyl sites for hydroxylation is 2. The second-order valence-electron chi connectivity index (χ2n) is 4.79. The van der Waals surface area contributed by atoms with Crippen molar-refractivity contribution in [1.82, 2.24) is 10.2 Å². The smallest absolute Gasteiger partial charge is 0.257 e. The number of rotatable bonds is 3. The SMILES string of the molecule is Cc1nnc(-c2cc(NC(=O)c3cc(Cl)ccc3Cl)c(C)s2)o1. The van der Waals surface area contributed by atoms with Crippen molar-refractivity contribution in [2.75, 3.05) is 5.32 Å². The molecule has 0 aliphatic heterocycles. The summed E-state index contributed by atoms with van der Waals surface area (Å²) in [5, 5.41) is 11.4. The molecular weight excluding hydrogens is 357 g/mol. The summed E-state index contributed by atoms with van der Waals surface area (Å²) in [5.74, 6) is 0.589. The highest BCUT2D eigenvalue weighted by Gasteiger charge is 2.16. The highest BCUT2D eigenvalue weighted by molar-refractivity contribution is 7.15. The lowest BCUT2D eigenvalue weighted by molar-refractivity contribution is 0.102. The fourth-order valence-electron chi connectivity index (χ4n) is 1.97. The van der Waals surface area contributed by atoms with Crippen molar-refractivity contribution >= 4 is 46.1 Å². The minimum Gasteiger partial charge on any atom is -0.420 e. The molecule has 3 aromatic rings. The van der Waals surface area contributed by atoms with Crippen molar-refractivity contribution in [3.63, 3.8) is 0 Å². The molecule has 5 nitrogen and oxygen atoms in total. The second-order valence-corrected chi connectivity index (χ2v) is 6.88. The third-order valence-corrected chi connectivity index (χ3v) is 4.68. The predicted octanol–water partition coefficient (Wildman–Crippen LogP) is 4.97. The molecule has 0 unspecified atom stereocenters. The van der Waals surface area contributed by atoms with Crippen LogP contribution in [-0.2, 0) is 0 Å². The number of amides is 1. The topological polar surface area (TPSA) is 68.0 Å². The van der Waals surface area contributed by atoms with E-state index in [1.165, 1.54) is 17.4 Å². The molecule has 2 heterocycles. The molecule has 0 saturated carbocycles. The zero-order chi connectivity index (χ0) is 16.6. The molecule has 23 heavy (non-hydrogen) atoms. The molecule has 0 atom stereocenters. The van der Waals surface area contributed by atoms with Gasteiger partial charge in [-0.05, 0) is 31.2 Å². The Bertz CT molecular complexity index is 889. The molecule has 3 rings (SSSR count). The Morgan fingerprint density at radius 2 is 2.00 bits per heavy atom. The maximum absolute atomic E-state index is 12.4. The normalized spacial score (nSPS) is 10.8. The van der Waals surface area contributed by atoms with Crippen LogP contribution in [0.25, 0.3) is 10.8 Å². The molecule has 0 aliphatic carbocycles. The van der Waals surface area contributed by atoms with Gasteiger partial charge in [0, 0.05) is 16.8 Å². The first-order valence-corrected chi connectivity index (χ1v) is 8.18. The summed E-state index contributed by atoms with van der Waals surface area (Å²) in [6.45, 7) is 3.62. The first-order valence-electron chi connectivity index (χ1n) is 6.61. The molecule has 0 spiro atoms. The van der Waals surface area contributed by atoms with Crippen LogP contribution in [0, 0.1) is 13.8 Å². The van der Waals surface area contributed by atoms with E-state index < -0.39 is 0 Å². The number of hydrogen-bond acceptors (Lipinski definition) is 5. The maximum atomic E-state index is 12.4. The Labute approximate surface area is 146 Å². The van der Waals surface area contributed by atoms with Crippen molar-refractivity contribution < 1.29 is 9.21 Å². The van der Waals surface area contributed by atoms with Crippen LogP contribution in [0.1, 0.15) is 21.1 Å². The molecule has 118 valence electrons. The van der Waals surface area contributed by atoms with E-state index in [0.29, 0.717) is 33.1 Å². The molecule has 0 radical (unpaired) electrons. The van der Waals surface area contributed by atoms with Gasteiger partial charge in [-0.2, -0.15) is 0 Å². The number of carbonyl (C=O) groups is 1. The molecular formula is C15H11Cl2N3O2S. The van der Waals surface area contributed by atoms with Gasteiger partial charge in [-0.3, -0.25) is 4.79 Å². The number of benzene rings is 1. The van der Waals surface area contributed by atoms with Crippen LogP contribution in [0.15, 0.2) is 28.7 Å². The molecule has 1 amide bonds. The average molecular weight is 368 g/mol. The second kappa shape index (κ2) is 6.31. The predicted molar refractivity (Wildman–Crippen MR) is 91.5 cm³/mol. The van der Waals surface area contributed by atoms with Crippen molar-refractivity contribution in [1.29, 1.82) is 0 Å². The van der Waals surface area contributed by atoms with Crippen LogP contribution in [0.4, 0.5) is 5.69 Å². The van der Waals surface area contributed by atoms with E-state index in [1.54, 1.807) is 25.1 Å². The van der Waals surface area contributed by atoms with Crippen LogP contribution < -0.4 is 5.32 Å².